The van der Waals surface area contributed by atoms with E-state index in [0.717, 1.165) is 28.2 Å². The zero-order chi connectivity index (χ0) is 19.8. The highest BCUT2D eigenvalue weighted by Crippen LogP contribution is 2.30. The lowest BCUT2D eigenvalue weighted by atomic mass is 10.00. The lowest BCUT2D eigenvalue weighted by Gasteiger charge is -2.27. The number of hydrogen-bond acceptors (Lipinski definition) is 3. The molecule has 0 aliphatic carbocycles. The van der Waals surface area contributed by atoms with Crippen LogP contribution in [0.3, 0.4) is 0 Å². The van der Waals surface area contributed by atoms with Gasteiger partial charge in [-0.1, -0.05) is 12.1 Å². The number of carbonyl (C=O) groups is 1. The summed E-state index contributed by atoms with van der Waals surface area (Å²) in [5, 5.41) is 11.8. The number of fused-ring (bicyclic) bond motifs is 1. The van der Waals surface area contributed by atoms with Crippen molar-refractivity contribution in [3.05, 3.63) is 58.3 Å². The third kappa shape index (κ3) is 3.21. The molecule has 7 heteroatoms. The fourth-order valence-corrected chi connectivity index (χ4v) is 3.95. The Hall–Kier alpha value is -2.96. The van der Waals surface area contributed by atoms with Gasteiger partial charge in [0.2, 0.25) is 5.91 Å². The second-order valence-electron chi connectivity index (χ2n) is 7.35. The first-order valence-corrected chi connectivity index (χ1v) is 9.53. The highest BCUT2D eigenvalue weighted by molar-refractivity contribution is 5.77. The molecule has 6 nitrogen and oxygen atoms in total. The summed E-state index contributed by atoms with van der Waals surface area (Å²) in [5.41, 5.74) is 6.19. The zero-order valence-corrected chi connectivity index (χ0v) is 16.4. The van der Waals surface area contributed by atoms with Gasteiger partial charge in [0.15, 0.2) is 0 Å². The maximum absolute atomic E-state index is 14.2. The van der Waals surface area contributed by atoms with Gasteiger partial charge in [0.1, 0.15) is 11.5 Å². The lowest BCUT2D eigenvalue weighted by molar-refractivity contribution is -0.132. The molecule has 0 spiro atoms. The number of H-pyrrole nitrogens is 1. The molecule has 1 aliphatic heterocycles. The monoisotopic (exact) mass is 381 g/mol. The maximum Gasteiger partial charge on any atom is 0.223 e. The highest BCUT2D eigenvalue weighted by atomic mass is 19.1. The molecule has 28 heavy (non-hydrogen) atoms. The first-order chi connectivity index (χ1) is 13.5. The van der Waals surface area contributed by atoms with Gasteiger partial charge in [-0.15, -0.1) is 0 Å². The second kappa shape index (κ2) is 7.22. The van der Waals surface area contributed by atoms with E-state index >= 15 is 0 Å². The van der Waals surface area contributed by atoms with E-state index in [9.17, 15) is 9.18 Å². The van der Waals surface area contributed by atoms with Gasteiger partial charge in [0, 0.05) is 55.5 Å². The summed E-state index contributed by atoms with van der Waals surface area (Å²) in [6.45, 7) is 5.11. The molecule has 1 aliphatic rings. The van der Waals surface area contributed by atoms with Crippen LogP contribution in [0.4, 0.5) is 4.39 Å². The Morgan fingerprint density at radius 1 is 1.29 bits per heavy atom. The SMILES string of the molecule is Cc1nn(C)c(C)c1CCC(=O)N1CCc2[nH]nc(-c3ccccc3F)c2C1. The fraction of sp³-hybridized carbons (Fsp3) is 0.381. The van der Waals surface area contributed by atoms with Crippen LogP contribution in [0.15, 0.2) is 24.3 Å². The Morgan fingerprint density at radius 2 is 2.07 bits per heavy atom. The van der Waals surface area contributed by atoms with Crippen LogP contribution in [-0.4, -0.2) is 37.3 Å². The highest BCUT2D eigenvalue weighted by Gasteiger charge is 2.26. The number of halogens is 1. The molecule has 0 unspecified atom stereocenters. The standard InChI is InChI=1S/C21H24FN5O/c1-13-15(14(2)26(3)25-13)8-9-20(28)27-11-10-19-17(12-27)21(24-23-19)16-6-4-5-7-18(16)22/h4-7H,8-12H2,1-3H3,(H,23,24). The number of carbonyl (C=O) groups excluding carboxylic acids is 1. The van der Waals surface area contributed by atoms with E-state index < -0.39 is 0 Å². The smallest absolute Gasteiger partial charge is 0.223 e. The Kier molecular flexibility index (Phi) is 4.75. The normalized spacial score (nSPS) is 13.6. The minimum atomic E-state index is -0.303. The average Bonchev–Trinajstić information content (AvgIpc) is 3.20. The van der Waals surface area contributed by atoms with E-state index in [1.54, 1.807) is 18.2 Å². The number of hydrogen-bond donors (Lipinski definition) is 1. The number of nitrogens with zero attached hydrogens (tertiary/aromatic N) is 4. The number of aryl methyl sites for hydroxylation is 2. The molecule has 0 atom stereocenters. The zero-order valence-electron chi connectivity index (χ0n) is 16.4. The molecular weight excluding hydrogens is 357 g/mol. The Labute approximate surface area is 163 Å². The molecular formula is C21H24FN5O. The quantitative estimate of drug-likeness (QED) is 0.755. The minimum absolute atomic E-state index is 0.106. The number of nitrogens with one attached hydrogen (secondary N) is 1. The van der Waals surface area contributed by atoms with E-state index in [1.807, 2.05) is 30.5 Å². The molecule has 1 N–H and O–H groups in total. The van der Waals surface area contributed by atoms with Crippen molar-refractivity contribution >= 4 is 5.91 Å². The van der Waals surface area contributed by atoms with E-state index in [1.165, 1.54) is 6.07 Å². The molecule has 3 aromatic rings. The molecule has 0 saturated carbocycles. The summed E-state index contributed by atoms with van der Waals surface area (Å²) in [4.78, 5) is 14.7. The largest absolute Gasteiger partial charge is 0.338 e. The molecule has 0 bridgehead atoms. The van der Waals surface area contributed by atoms with Gasteiger partial charge in [0.05, 0.1) is 5.69 Å². The predicted octanol–water partition coefficient (Wildman–Crippen LogP) is 3.08. The molecule has 0 radical (unpaired) electrons. The molecule has 4 rings (SSSR count). The van der Waals surface area contributed by atoms with E-state index in [2.05, 4.69) is 15.3 Å². The molecule has 3 heterocycles. The van der Waals surface area contributed by atoms with Crippen molar-refractivity contribution in [2.75, 3.05) is 6.54 Å². The van der Waals surface area contributed by atoms with Crippen molar-refractivity contribution in [1.82, 2.24) is 24.9 Å². The minimum Gasteiger partial charge on any atom is -0.338 e. The lowest BCUT2D eigenvalue weighted by Crippen LogP contribution is -2.36. The van der Waals surface area contributed by atoms with Gasteiger partial charge < -0.3 is 4.90 Å². The second-order valence-corrected chi connectivity index (χ2v) is 7.35. The summed E-state index contributed by atoms with van der Waals surface area (Å²) in [7, 11) is 1.92. The molecule has 1 aromatic carbocycles. The van der Waals surface area contributed by atoms with Crippen molar-refractivity contribution < 1.29 is 9.18 Å². The first-order valence-electron chi connectivity index (χ1n) is 9.53. The summed E-state index contributed by atoms with van der Waals surface area (Å²) in [5.74, 6) is -0.197. The summed E-state index contributed by atoms with van der Waals surface area (Å²) < 4.78 is 16.1. The van der Waals surface area contributed by atoms with Crippen LogP contribution in [0.2, 0.25) is 0 Å². The number of aromatic nitrogens is 4. The van der Waals surface area contributed by atoms with Crippen molar-refractivity contribution in [2.24, 2.45) is 7.05 Å². The van der Waals surface area contributed by atoms with E-state index in [-0.39, 0.29) is 11.7 Å². The third-order valence-electron chi connectivity index (χ3n) is 5.66. The first kappa shape index (κ1) is 18.4. The fourth-order valence-electron chi connectivity index (χ4n) is 3.95. The van der Waals surface area contributed by atoms with Gasteiger partial charge in [-0.2, -0.15) is 10.2 Å². The van der Waals surface area contributed by atoms with Crippen molar-refractivity contribution in [3.63, 3.8) is 0 Å². The molecule has 2 aromatic heterocycles. The topological polar surface area (TPSA) is 66.8 Å². The Bertz CT molecular complexity index is 1040. The van der Waals surface area contributed by atoms with Crippen LogP contribution in [0, 0.1) is 19.7 Å². The molecule has 0 saturated heterocycles. The number of rotatable bonds is 4. The Morgan fingerprint density at radius 3 is 2.79 bits per heavy atom. The number of benzene rings is 1. The van der Waals surface area contributed by atoms with Gasteiger partial charge in [-0.05, 0) is 38.0 Å². The molecule has 0 fully saturated rings. The van der Waals surface area contributed by atoms with Crippen LogP contribution in [0.1, 0.15) is 34.6 Å². The predicted molar refractivity (Wildman–Crippen MR) is 104 cm³/mol. The van der Waals surface area contributed by atoms with Crippen LogP contribution in [0.25, 0.3) is 11.3 Å². The van der Waals surface area contributed by atoms with Gasteiger partial charge in [-0.3, -0.25) is 14.6 Å². The van der Waals surface area contributed by atoms with Crippen LogP contribution in [-0.2, 0) is 31.2 Å². The number of aromatic amines is 1. The van der Waals surface area contributed by atoms with Gasteiger partial charge in [0.25, 0.3) is 0 Å². The maximum atomic E-state index is 14.2. The van der Waals surface area contributed by atoms with Crippen LogP contribution in [0.5, 0.6) is 0 Å². The van der Waals surface area contributed by atoms with Gasteiger partial charge in [-0.25, -0.2) is 4.39 Å². The van der Waals surface area contributed by atoms with Crippen LogP contribution < -0.4 is 0 Å². The third-order valence-corrected chi connectivity index (χ3v) is 5.66. The summed E-state index contributed by atoms with van der Waals surface area (Å²) >= 11 is 0. The molecule has 146 valence electrons. The van der Waals surface area contributed by atoms with Crippen molar-refractivity contribution in [1.29, 1.82) is 0 Å². The van der Waals surface area contributed by atoms with Gasteiger partial charge >= 0.3 is 0 Å². The van der Waals surface area contributed by atoms with E-state index in [4.69, 9.17) is 0 Å². The van der Waals surface area contributed by atoms with Crippen molar-refractivity contribution in [2.45, 2.75) is 39.7 Å². The number of amides is 1. The molecule has 1 amide bonds. The summed E-state index contributed by atoms with van der Waals surface area (Å²) in [6, 6.07) is 6.61. The van der Waals surface area contributed by atoms with Crippen LogP contribution >= 0.6 is 0 Å². The van der Waals surface area contributed by atoms with Crippen molar-refractivity contribution in [3.8, 4) is 11.3 Å². The Balaban J connectivity index is 1.50. The average molecular weight is 381 g/mol. The van der Waals surface area contributed by atoms with E-state index in [0.29, 0.717) is 43.6 Å². The summed E-state index contributed by atoms with van der Waals surface area (Å²) in [6.07, 6.45) is 1.82.